The number of carboxylic acid groups (broad SMARTS) is 1. The van der Waals surface area contributed by atoms with Gasteiger partial charge in [-0.1, -0.05) is 13.3 Å². The van der Waals surface area contributed by atoms with Gasteiger partial charge in [0.15, 0.2) is 0 Å². The van der Waals surface area contributed by atoms with Gasteiger partial charge in [0, 0.05) is 6.07 Å². The lowest BCUT2D eigenvalue weighted by atomic mass is 10.3. The van der Waals surface area contributed by atoms with Crippen LogP contribution in [0.3, 0.4) is 0 Å². The Kier molecular flexibility index (Phi) is 5.11. The molecule has 1 heterocycles. The molecule has 0 aliphatic carbocycles. The van der Waals surface area contributed by atoms with Gasteiger partial charge in [-0.3, -0.25) is 4.79 Å². The van der Waals surface area contributed by atoms with Crippen LogP contribution < -0.4 is 10.1 Å². The topological polar surface area (TPSA) is 71.5 Å². The van der Waals surface area contributed by atoms with Crippen LogP contribution in [0.25, 0.3) is 0 Å². The van der Waals surface area contributed by atoms with E-state index in [4.69, 9.17) is 9.84 Å². The van der Waals surface area contributed by atoms with Crippen LogP contribution in [0.5, 0.6) is 5.88 Å². The van der Waals surface area contributed by atoms with Gasteiger partial charge in [0.25, 0.3) is 0 Å². The fraction of sp³-hybridized carbons (Fsp3) is 0.455. The highest BCUT2D eigenvalue weighted by molar-refractivity contribution is 5.72. The number of aromatic nitrogens is 1. The van der Waals surface area contributed by atoms with E-state index in [9.17, 15) is 4.79 Å². The number of unbranched alkanes of at least 4 members (excludes halogenated alkanes) is 1. The number of rotatable bonds is 7. The van der Waals surface area contributed by atoms with Crippen molar-refractivity contribution in [2.24, 2.45) is 0 Å². The van der Waals surface area contributed by atoms with Gasteiger partial charge in [-0.25, -0.2) is 4.98 Å². The lowest BCUT2D eigenvalue weighted by Crippen LogP contribution is -2.12. The third-order valence-electron chi connectivity index (χ3n) is 1.93. The number of ether oxygens (including phenoxy) is 1. The van der Waals surface area contributed by atoms with Crippen molar-refractivity contribution in [3.8, 4) is 5.88 Å². The van der Waals surface area contributed by atoms with Crippen molar-refractivity contribution in [2.45, 2.75) is 19.8 Å². The molecule has 0 radical (unpaired) electrons. The second-order valence-corrected chi connectivity index (χ2v) is 3.33. The molecule has 0 spiro atoms. The smallest absolute Gasteiger partial charge is 0.322 e. The van der Waals surface area contributed by atoms with Gasteiger partial charge in [-0.05, 0) is 12.5 Å². The van der Waals surface area contributed by atoms with Gasteiger partial charge in [0.1, 0.15) is 6.54 Å². The molecular weight excluding hydrogens is 208 g/mol. The fourth-order valence-corrected chi connectivity index (χ4v) is 1.07. The normalized spacial score (nSPS) is 9.81. The summed E-state index contributed by atoms with van der Waals surface area (Å²) >= 11 is 0. The van der Waals surface area contributed by atoms with Crippen molar-refractivity contribution in [2.75, 3.05) is 18.5 Å². The lowest BCUT2D eigenvalue weighted by Gasteiger charge is -2.06. The summed E-state index contributed by atoms with van der Waals surface area (Å²) in [5.74, 6) is -0.336. The van der Waals surface area contributed by atoms with Crippen LogP contribution >= 0.6 is 0 Å². The van der Waals surface area contributed by atoms with Crippen molar-refractivity contribution < 1.29 is 14.6 Å². The summed E-state index contributed by atoms with van der Waals surface area (Å²) in [5.41, 5.74) is 0.672. The van der Waals surface area contributed by atoms with Crippen molar-refractivity contribution in [1.29, 1.82) is 0 Å². The van der Waals surface area contributed by atoms with Crippen LogP contribution in [-0.2, 0) is 4.79 Å². The molecule has 0 aliphatic heterocycles. The number of anilines is 1. The fourth-order valence-electron chi connectivity index (χ4n) is 1.07. The first-order chi connectivity index (χ1) is 7.72. The van der Waals surface area contributed by atoms with Gasteiger partial charge in [-0.15, -0.1) is 0 Å². The van der Waals surface area contributed by atoms with Crippen molar-refractivity contribution >= 4 is 11.7 Å². The number of pyridine rings is 1. The molecule has 0 saturated heterocycles. The van der Waals surface area contributed by atoms with Gasteiger partial charge in [0.05, 0.1) is 18.5 Å². The SMILES string of the molecule is CCCCOc1ccc(NCC(=O)O)cn1. The molecule has 1 aromatic heterocycles. The van der Waals surface area contributed by atoms with Crippen LogP contribution in [0.4, 0.5) is 5.69 Å². The number of carboxylic acids is 1. The first-order valence-electron chi connectivity index (χ1n) is 5.27. The summed E-state index contributed by atoms with van der Waals surface area (Å²) in [5, 5.41) is 11.2. The number of nitrogens with zero attached hydrogens (tertiary/aromatic N) is 1. The largest absolute Gasteiger partial charge is 0.480 e. The number of carbonyl (C=O) groups is 1. The molecule has 0 unspecified atom stereocenters. The zero-order valence-corrected chi connectivity index (χ0v) is 9.27. The highest BCUT2D eigenvalue weighted by Crippen LogP contribution is 2.11. The third kappa shape index (κ3) is 4.63. The predicted molar refractivity (Wildman–Crippen MR) is 60.8 cm³/mol. The monoisotopic (exact) mass is 224 g/mol. The molecule has 16 heavy (non-hydrogen) atoms. The average molecular weight is 224 g/mol. The zero-order chi connectivity index (χ0) is 11.8. The molecule has 0 saturated carbocycles. The van der Waals surface area contributed by atoms with Crippen molar-refractivity contribution in [3.63, 3.8) is 0 Å². The Bertz CT molecular complexity index is 325. The Morgan fingerprint density at radius 3 is 2.94 bits per heavy atom. The van der Waals surface area contributed by atoms with Crippen LogP contribution in [0.1, 0.15) is 19.8 Å². The maximum atomic E-state index is 10.3. The Labute approximate surface area is 94.5 Å². The van der Waals surface area contributed by atoms with Gasteiger partial charge >= 0.3 is 5.97 Å². The lowest BCUT2D eigenvalue weighted by molar-refractivity contribution is -0.134. The highest BCUT2D eigenvalue weighted by Gasteiger charge is 1.98. The number of hydrogen-bond donors (Lipinski definition) is 2. The molecule has 1 rings (SSSR count). The summed E-state index contributed by atoms with van der Waals surface area (Å²) < 4.78 is 5.37. The average Bonchev–Trinajstić information content (AvgIpc) is 2.28. The molecular formula is C11H16N2O3. The molecule has 5 nitrogen and oxygen atoms in total. The Hall–Kier alpha value is -1.78. The van der Waals surface area contributed by atoms with Crippen LogP contribution in [-0.4, -0.2) is 29.2 Å². The van der Waals surface area contributed by atoms with E-state index >= 15 is 0 Å². The number of nitrogens with one attached hydrogen (secondary N) is 1. The standard InChI is InChI=1S/C11H16N2O3/c1-2-3-6-16-10-5-4-9(7-13-10)12-8-11(14)15/h4-5,7,12H,2-3,6,8H2,1H3,(H,14,15). The van der Waals surface area contributed by atoms with E-state index in [2.05, 4.69) is 17.2 Å². The molecule has 1 aromatic rings. The highest BCUT2D eigenvalue weighted by atomic mass is 16.5. The summed E-state index contributed by atoms with van der Waals surface area (Å²) in [6.45, 7) is 2.64. The first kappa shape index (κ1) is 12.3. The summed E-state index contributed by atoms with van der Waals surface area (Å²) in [4.78, 5) is 14.4. The maximum absolute atomic E-state index is 10.3. The van der Waals surface area contributed by atoms with Crippen LogP contribution in [0.2, 0.25) is 0 Å². The van der Waals surface area contributed by atoms with Gasteiger partial charge in [-0.2, -0.15) is 0 Å². The Morgan fingerprint density at radius 2 is 2.38 bits per heavy atom. The van der Waals surface area contributed by atoms with Crippen molar-refractivity contribution in [3.05, 3.63) is 18.3 Å². The van der Waals surface area contributed by atoms with E-state index in [1.807, 2.05) is 0 Å². The van der Waals surface area contributed by atoms with E-state index in [0.29, 0.717) is 18.2 Å². The Balaban J connectivity index is 2.38. The van der Waals surface area contributed by atoms with Crippen molar-refractivity contribution in [1.82, 2.24) is 4.98 Å². The van der Waals surface area contributed by atoms with Gasteiger partial charge < -0.3 is 15.2 Å². The Morgan fingerprint density at radius 1 is 1.56 bits per heavy atom. The molecule has 0 aliphatic rings. The molecule has 2 N–H and O–H groups in total. The minimum Gasteiger partial charge on any atom is -0.480 e. The van der Waals surface area contributed by atoms with Crippen LogP contribution in [0.15, 0.2) is 18.3 Å². The molecule has 0 amide bonds. The predicted octanol–water partition coefficient (Wildman–Crippen LogP) is 1.76. The van der Waals surface area contributed by atoms with E-state index < -0.39 is 5.97 Å². The second kappa shape index (κ2) is 6.66. The zero-order valence-electron chi connectivity index (χ0n) is 9.27. The summed E-state index contributed by atoms with van der Waals surface area (Å²) in [6.07, 6.45) is 3.64. The third-order valence-corrected chi connectivity index (χ3v) is 1.93. The molecule has 0 bridgehead atoms. The molecule has 0 aromatic carbocycles. The van der Waals surface area contributed by atoms with E-state index in [0.717, 1.165) is 12.8 Å². The minimum atomic E-state index is -0.900. The van der Waals surface area contributed by atoms with E-state index in [1.54, 1.807) is 18.3 Å². The minimum absolute atomic E-state index is 0.113. The summed E-state index contributed by atoms with van der Waals surface area (Å²) in [6, 6.07) is 3.47. The van der Waals surface area contributed by atoms with Gasteiger partial charge in [0.2, 0.25) is 5.88 Å². The molecule has 0 atom stereocenters. The van der Waals surface area contributed by atoms with E-state index in [-0.39, 0.29) is 6.54 Å². The van der Waals surface area contributed by atoms with E-state index in [1.165, 1.54) is 0 Å². The molecule has 0 fully saturated rings. The molecule has 88 valence electrons. The number of hydrogen-bond acceptors (Lipinski definition) is 4. The second-order valence-electron chi connectivity index (χ2n) is 3.33. The quantitative estimate of drug-likeness (QED) is 0.690. The summed E-state index contributed by atoms with van der Waals surface area (Å²) in [7, 11) is 0. The first-order valence-corrected chi connectivity index (χ1v) is 5.27. The van der Waals surface area contributed by atoms with Crippen LogP contribution in [0, 0.1) is 0 Å². The molecule has 5 heteroatoms. The number of aliphatic carboxylic acids is 1. The maximum Gasteiger partial charge on any atom is 0.322 e.